The fraction of sp³-hybridized carbons (Fsp3) is 0.318. The second kappa shape index (κ2) is 8.52. The fourth-order valence-corrected chi connectivity index (χ4v) is 3.77. The Balaban J connectivity index is 1.51. The van der Waals surface area contributed by atoms with Crippen LogP contribution in [-0.2, 0) is 11.8 Å². The summed E-state index contributed by atoms with van der Waals surface area (Å²) in [5.41, 5.74) is 0.527. The molecule has 3 aromatic rings. The first-order chi connectivity index (χ1) is 14.5. The summed E-state index contributed by atoms with van der Waals surface area (Å²) in [6.07, 6.45) is 1.61. The molecule has 0 bridgehead atoms. The van der Waals surface area contributed by atoms with E-state index in [1.54, 1.807) is 28.6 Å². The number of aromatic nitrogens is 3. The lowest BCUT2D eigenvalue weighted by Gasteiger charge is -2.32. The van der Waals surface area contributed by atoms with Gasteiger partial charge < -0.3 is 9.64 Å². The summed E-state index contributed by atoms with van der Waals surface area (Å²) < 4.78 is 22.0. The number of amides is 1. The van der Waals surface area contributed by atoms with Crippen molar-refractivity contribution in [2.45, 2.75) is 18.8 Å². The van der Waals surface area contributed by atoms with Gasteiger partial charge in [0, 0.05) is 26.1 Å². The number of hydrogen-bond donors (Lipinski definition) is 0. The standard InChI is InChI=1S/C22H23FN4O3/c1-25-22(29)27(17-9-3-2-4-10-17)21(24-25)16-8-7-13-26(14-16)20(28)15-30-19-12-6-5-11-18(19)23/h2-6,9-12,16H,7-8,13-15H2,1H3. The van der Waals surface area contributed by atoms with Crippen LogP contribution in [0.15, 0.2) is 59.4 Å². The highest BCUT2D eigenvalue weighted by Gasteiger charge is 2.30. The molecule has 1 aliphatic heterocycles. The number of benzene rings is 2. The summed E-state index contributed by atoms with van der Waals surface area (Å²) in [4.78, 5) is 27.0. The lowest BCUT2D eigenvalue weighted by molar-refractivity contribution is -0.134. The van der Waals surface area contributed by atoms with Gasteiger partial charge in [0.15, 0.2) is 18.2 Å². The smallest absolute Gasteiger partial charge is 0.350 e. The van der Waals surface area contributed by atoms with Crippen LogP contribution in [0, 0.1) is 5.82 Å². The van der Waals surface area contributed by atoms with Crippen LogP contribution in [-0.4, -0.2) is 44.9 Å². The molecule has 2 heterocycles. The van der Waals surface area contributed by atoms with Gasteiger partial charge in [-0.15, -0.1) is 0 Å². The van der Waals surface area contributed by atoms with Crippen molar-refractivity contribution < 1.29 is 13.9 Å². The molecule has 1 amide bonds. The number of piperidine rings is 1. The molecule has 0 aliphatic carbocycles. The SMILES string of the molecule is Cn1nc(C2CCCN(C(=O)COc3ccccc3F)C2)n(-c2ccccc2)c1=O. The monoisotopic (exact) mass is 410 g/mol. The third kappa shape index (κ3) is 3.98. The van der Waals surface area contributed by atoms with Crippen LogP contribution < -0.4 is 10.4 Å². The lowest BCUT2D eigenvalue weighted by atomic mass is 9.97. The van der Waals surface area contributed by atoms with Crippen LogP contribution in [0.1, 0.15) is 24.6 Å². The second-order valence-corrected chi connectivity index (χ2v) is 7.33. The number of carbonyl (C=O) groups is 1. The highest BCUT2D eigenvalue weighted by molar-refractivity contribution is 5.78. The van der Waals surface area contributed by atoms with Gasteiger partial charge in [0.25, 0.3) is 5.91 Å². The number of rotatable bonds is 5. The topological polar surface area (TPSA) is 69.4 Å². The maximum Gasteiger partial charge on any atom is 0.350 e. The summed E-state index contributed by atoms with van der Waals surface area (Å²) in [7, 11) is 1.62. The molecule has 0 spiro atoms. The first kappa shape index (κ1) is 19.9. The largest absolute Gasteiger partial charge is 0.481 e. The molecule has 7 nitrogen and oxygen atoms in total. The minimum Gasteiger partial charge on any atom is -0.481 e. The Hall–Kier alpha value is -3.42. The van der Waals surface area contributed by atoms with E-state index in [4.69, 9.17) is 4.74 Å². The molecule has 0 N–H and O–H groups in total. The van der Waals surface area contributed by atoms with Crippen molar-refractivity contribution in [3.05, 3.63) is 76.7 Å². The Morgan fingerprint density at radius 1 is 1.17 bits per heavy atom. The van der Waals surface area contributed by atoms with Crippen molar-refractivity contribution in [2.24, 2.45) is 7.05 Å². The van der Waals surface area contributed by atoms with Gasteiger partial charge in [-0.1, -0.05) is 30.3 Å². The molecule has 1 atom stereocenters. The minimum absolute atomic E-state index is 0.0575. The number of nitrogens with zero attached hydrogens (tertiary/aromatic N) is 4. The van der Waals surface area contributed by atoms with Gasteiger partial charge in [-0.3, -0.25) is 4.79 Å². The van der Waals surface area contributed by atoms with Gasteiger partial charge >= 0.3 is 5.69 Å². The summed E-state index contributed by atoms with van der Waals surface area (Å²) in [6.45, 7) is 0.794. The van der Waals surface area contributed by atoms with E-state index < -0.39 is 5.82 Å². The molecule has 1 fully saturated rings. The zero-order chi connectivity index (χ0) is 21.1. The van der Waals surface area contributed by atoms with Crippen LogP contribution >= 0.6 is 0 Å². The molecule has 1 unspecified atom stereocenters. The van der Waals surface area contributed by atoms with Crippen molar-refractivity contribution in [3.8, 4) is 11.4 Å². The lowest BCUT2D eigenvalue weighted by Crippen LogP contribution is -2.42. The van der Waals surface area contributed by atoms with Crippen LogP contribution in [0.2, 0.25) is 0 Å². The first-order valence-corrected chi connectivity index (χ1v) is 9.91. The molecule has 1 saturated heterocycles. The van der Waals surface area contributed by atoms with Crippen LogP contribution in [0.4, 0.5) is 4.39 Å². The fourth-order valence-electron chi connectivity index (χ4n) is 3.77. The van der Waals surface area contributed by atoms with Crippen molar-refractivity contribution in [2.75, 3.05) is 19.7 Å². The average Bonchev–Trinajstić information content (AvgIpc) is 3.08. The number of aryl methyl sites for hydroxylation is 1. The zero-order valence-electron chi connectivity index (χ0n) is 16.7. The van der Waals surface area contributed by atoms with Gasteiger partial charge in [-0.2, -0.15) is 5.10 Å². The predicted molar refractivity (Wildman–Crippen MR) is 109 cm³/mol. The van der Waals surface area contributed by atoms with Crippen molar-refractivity contribution in [1.82, 2.24) is 19.2 Å². The Morgan fingerprint density at radius 3 is 2.67 bits per heavy atom. The van der Waals surface area contributed by atoms with Gasteiger partial charge in [0.1, 0.15) is 5.82 Å². The molecule has 8 heteroatoms. The molecule has 2 aromatic carbocycles. The normalized spacial score (nSPS) is 16.5. The van der Waals surface area contributed by atoms with E-state index in [9.17, 15) is 14.0 Å². The average molecular weight is 410 g/mol. The predicted octanol–water partition coefficient (Wildman–Crippen LogP) is 2.50. The second-order valence-electron chi connectivity index (χ2n) is 7.33. The van der Waals surface area contributed by atoms with Crippen molar-refractivity contribution in [3.63, 3.8) is 0 Å². The Labute approximate surface area is 173 Å². The Morgan fingerprint density at radius 2 is 1.90 bits per heavy atom. The molecular weight excluding hydrogens is 387 g/mol. The Kier molecular flexibility index (Phi) is 5.65. The van der Waals surface area contributed by atoms with Crippen molar-refractivity contribution in [1.29, 1.82) is 0 Å². The summed E-state index contributed by atoms with van der Waals surface area (Å²) in [5, 5.41) is 4.46. The van der Waals surface area contributed by atoms with E-state index in [0.717, 1.165) is 18.5 Å². The molecule has 1 aliphatic rings. The van der Waals surface area contributed by atoms with Crippen LogP contribution in [0.3, 0.4) is 0 Å². The molecular formula is C22H23FN4O3. The van der Waals surface area contributed by atoms with Gasteiger partial charge in [-0.25, -0.2) is 18.4 Å². The summed E-state index contributed by atoms with van der Waals surface area (Å²) in [6, 6.07) is 15.4. The van der Waals surface area contributed by atoms with Gasteiger partial charge in [0.05, 0.1) is 5.69 Å². The van der Waals surface area contributed by atoms with Crippen LogP contribution in [0.5, 0.6) is 5.75 Å². The third-order valence-electron chi connectivity index (χ3n) is 5.29. The number of carbonyl (C=O) groups excluding carboxylic acids is 1. The maximum atomic E-state index is 13.7. The summed E-state index contributed by atoms with van der Waals surface area (Å²) >= 11 is 0. The highest BCUT2D eigenvalue weighted by Crippen LogP contribution is 2.27. The molecule has 4 rings (SSSR count). The number of hydrogen-bond acceptors (Lipinski definition) is 4. The third-order valence-corrected chi connectivity index (χ3v) is 5.29. The quantitative estimate of drug-likeness (QED) is 0.648. The van der Waals surface area contributed by atoms with E-state index >= 15 is 0 Å². The zero-order valence-corrected chi connectivity index (χ0v) is 16.7. The van der Waals surface area contributed by atoms with E-state index in [-0.39, 0.29) is 29.9 Å². The number of para-hydroxylation sites is 2. The molecule has 0 radical (unpaired) electrons. The van der Waals surface area contributed by atoms with E-state index in [1.807, 2.05) is 30.3 Å². The molecule has 30 heavy (non-hydrogen) atoms. The number of ether oxygens (including phenoxy) is 1. The number of likely N-dealkylation sites (tertiary alicyclic amines) is 1. The Bertz CT molecular complexity index is 1090. The molecule has 156 valence electrons. The highest BCUT2D eigenvalue weighted by atomic mass is 19.1. The molecule has 0 saturated carbocycles. The van der Waals surface area contributed by atoms with E-state index in [2.05, 4.69) is 5.10 Å². The van der Waals surface area contributed by atoms with Crippen molar-refractivity contribution >= 4 is 5.91 Å². The molecule has 1 aromatic heterocycles. The van der Waals surface area contributed by atoms with Gasteiger partial charge in [0.2, 0.25) is 0 Å². The minimum atomic E-state index is -0.498. The summed E-state index contributed by atoms with van der Waals surface area (Å²) in [5.74, 6) is -0.0942. The van der Waals surface area contributed by atoms with Gasteiger partial charge in [-0.05, 0) is 37.1 Å². The maximum absolute atomic E-state index is 13.7. The first-order valence-electron chi connectivity index (χ1n) is 9.91. The van der Waals surface area contributed by atoms with E-state index in [0.29, 0.717) is 18.9 Å². The van der Waals surface area contributed by atoms with Crippen LogP contribution in [0.25, 0.3) is 5.69 Å². The number of halogens is 1. The van der Waals surface area contributed by atoms with E-state index in [1.165, 1.54) is 16.8 Å².